The Kier molecular flexibility index (Phi) is 2.29. The number of para-hydroxylation sites is 1. The molecule has 0 N–H and O–H groups in total. The van der Waals surface area contributed by atoms with Crippen molar-refractivity contribution in [1.29, 1.82) is 0 Å². The van der Waals surface area contributed by atoms with E-state index >= 15 is 0 Å². The molecule has 0 atom stereocenters. The van der Waals surface area contributed by atoms with Gasteiger partial charge in [0.15, 0.2) is 0 Å². The van der Waals surface area contributed by atoms with E-state index in [1.807, 2.05) is 12.3 Å². The first-order chi connectivity index (χ1) is 8.31. The number of rotatable bonds is 1. The number of aromatic nitrogens is 2. The molecule has 0 amide bonds. The Hall–Kier alpha value is -1.96. The lowest BCUT2D eigenvalue weighted by Crippen LogP contribution is -1.87. The Morgan fingerprint density at radius 3 is 2.88 bits per heavy atom. The van der Waals surface area contributed by atoms with E-state index in [1.165, 1.54) is 16.3 Å². The molecule has 1 aromatic carbocycles. The Morgan fingerprint density at radius 1 is 1.24 bits per heavy atom. The molecule has 2 nitrogen and oxygen atoms in total. The minimum absolute atomic E-state index is 0.851. The molecule has 2 heterocycles. The number of pyridine rings is 1. The van der Waals surface area contributed by atoms with Gasteiger partial charge in [-0.25, -0.2) is 0 Å². The monoisotopic (exact) mass is 238 g/mol. The van der Waals surface area contributed by atoms with Gasteiger partial charge in [0.25, 0.3) is 0 Å². The highest BCUT2D eigenvalue weighted by Crippen LogP contribution is 2.27. The lowest BCUT2D eigenvalue weighted by atomic mass is 10.1. The molecule has 0 aliphatic rings. The van der Waals surface area contributed by atoms with Crippen LogP contribution >= 0.6 is 12.2 Å². The Morgan fingerprint density at radius 2 is 2.06 bits per heavy atom. The molecule has 2 aromatic heterocycles. The van der Waals surface area contributed by atoms with Crippen LogP contribution in [-0.2, 0) is 7.05 Å². The summed E-state index contributed by atoms with van der Waals surface area (Å²) in [4.78, 5) is 4.35. The lowest BCUT2D eigenvalue weighted by Gasteiger charge is -1.96. The molecule has 3 heteroatoms. The van der Waals surface area contributed by atoms with Gasteiger partial charge < -0.3 is 4.57 Å². The molecule has 0 aliphatic heterocycles. The third kappa shape index (κ3) is 1.48. The maximum Gasteiger partial charge on any atom is 0.0723 e. The highest BCUT2D eigenvalue weighted by atomic mass is 32.1. The number of aryl methyl sites for hydroxylation is 1. The summed E-state index contributed by atoms with van der Waals surface area (Å²) in [5.74, 6) is 0. The molecule has 3 rings (SSSR count). The SMILES string of the molecule is Cn1c2ccccc2c2cc(C=C=S)ncc21. The third-order valence-corrected chi connectivity index (χ3v) is 3.15. The molecular weight excluding hydrogens is 228 g/mol. The van der Waals surface area contributed by atoms with Gasteiger partial charge in [-0.3, -0.25) is 4.98 Å². The first-order valence-electron chi connectivity index (χ1n) is 5.35. The summed E-state index contributed by atoms with van der Waals surface area (Å²) < 4.78 is 2.16. The van der Waals surface area contributed by atoms with Crippen LogP contribution in [0.4, 0.5) is 0 Å². The summed E-state index contributed by atoms with van der Waals surface area (Å²) >= 11 is 4.71. The molecule has 0 saturated heterocycles. The predicted octanol–water partition coefficient (Wildman–Crippen LogP) is 3.34. The molecule has 0 radical (unpaired) electrons. The van der Waals surface area contributed by atoms with Gasteiger partial charge in [-0.1, -0.05) is 18.2 Å². The van der Waals surface area contributed by atoms with Crippen LogP contribution in [0.3, 0.4) is 0 Å². The number of fused-ring (bicyclic) bond motifs is 3. The van der Waals surface area contributed by atoms with Crippen molar-refractivity contribution >= 4 is 45.1 Å². The van der Waals surface area contributed by atoms with Crippen molar-refractivity contribution < 1.29 is 0 Å². The standard InChI is InChI=1S/C14H10N2S/c1-16-13-5-3-2-4-11(13)12-8-10(6-7-17)15-9-14(12)16/h2-6,8-9H,1H3. The van der Waals surface area contributed by atoms with Gasteiger partial charge in [0.05, 0.1) is 17.4 Å². The summed E-state index contributed by atoms with van der Waals surface area (Å²) in [7, 11) is 2.06. The minimum atomic E-state index is 0.851. The largest absolute Gasteiger partial charge is 0.342 e. The van der Waals surface area contributed by atoms with Gasteiger partial charge in [0.2, 0.25) is 0 Å². The first kappa shape index (κ1) is 10.2. The van der Waals surface area contributed by atoms with Crippen LogP contribution in [0, 0.1) is 0 Å². The van der Waals surface area contributed by atoms with E-state index in [-0.39, 0.29) is 0 Å². The maximum absolute atomic E-state index is 4.71. The molecule has 0 spiro atoms. The van der Waals surface area contributed by atoms with Crippen LogP contribution in [0.5, 0.6) is 0 Å². The molecule has 0 fully saturated rings. The maximum atomic E-state index is 4.71. The second kappa shape index (κ2) is 3.81. The molecule has 0 unspecified atom stereocenters. The molecular formula is C14H10N2S. The average Bonchev–Trinajstić information content (AvgIpc) is 2.65. The van der Waals surface area contributed by atoms with Crippen LogP contribution < -0.4 is 0 Å². The van der Waals surface area contributed by atoms with Crippen molar-refractivity contribution in [2.75, 3.05) is 0 Å². The Labute approximate surface area is 104 Å². The highest BCUT2D eigenvalue weighted by Gasteiger charge is 2.07. The van der Waals surface area contributed by atoms with Crippen molar-refractivity contribution in [3.05, 3.63) is 42.2 Å². The summed E-state index contributed by atoms with van der Waals surface area (Å²) in [6.07, 6.45) is 3.60. The molecule has 3 aromatic rings. The van der Waals surface area contributed by atoms with Crippen LogP contribution in [0.15, 0.2) is 36.5 Å². The van der Waals surface area contributed by atoms with Crippen LogP contribution in [0.25, 0.3) is 27.9 Å². The highest BCUT2D eigenvalue weighted by molar-refractivity contribution is 7.78. The summed E-state index contributed by atoms with van der Waals surface area (Å²) in [6, 6.07) is 10.4. The number of benzene rings is 1. The first-order valence-corrected chi connectivity index (χ1v) is 5.76. The number of thiocarbonyl (C=S) groups is 1. The Balaban J connectivity index is 2.50. The zero-order valence-electron chi connectivity index (χ0n) is 9.34. The van der Waals surface area contributed by atoms with E-state index in [9.17, 15) is 0 Å². The van der Waals surface area contributed by atoms with E-state index in [4.69, 9.17) is 12.2 Å². The van der Waals surface area contributed by atoms with Gasteiger partial charge in [-0.2, -0.15) is 0 Å². The fourth-order valence-corrected chi connectivity index (χ4v) is 2.33. The van der Waals surface area contributed by atoms with E-state index in [1.54, 1.807) is 6.08 Å². The van der Waals surface area contributed by atoms with Gasteiger partial charge in [-0.05, 0) is 29.4 Å². The fourth-order valence-electron chi connectivity index (χ4n) is 2.21. The Bertz CT molecular complexity index is 764. The van der Waals surface area contributed by atoms with Crippen molar-refractivity contribution in [2.24, 2.45) is 7.05 Å². The number of nitrogens with zero attached hydrogens (tertiary/aromatic N) is 2. The van der Waals surface area contributed by atoms with E-state index in [2.05, 4.69) is 45.9 Å². The summed E-state index contributed by atoms with van der Waals surface area (Å²) in [6.45, 7) is 0. The van der Waals surface area contributed by atoms with Crippen molar-refractivity contribution in [2.45, 2.75) is 0 Å². The van der Waals surface area contributed by atoms with Crippen LogP contribution in [-0.4, -0.2) is 14.6 Å². The second-order valence-electron chi connectivity index (χ2n) is 3.96. The lowest BCUT2D eigenvalue weighted by molar-refractivity contribution is 1.01. The average molecular weight is 238 g/mol. The summed E-state index contributed by atoms with van der Waals surface area (Å²) in [5, 5.41) is 5.04. The molecule has 17 heavy (non-hydrogen) atoms. The zero-order valence-corrected chi connectivity index (χ0v) is 10.2. The topological polar surface area (TPSA) is 17.8 Å². The molecule has 0 bridgehead atoms. The third-order valence-electron chi connectivity index (χ3n) is 3.03. The molecule has 82 valence electrons. The minimum Gasteiger partial charge on any atom is -0.342 e. The van der Waals surface area contributed by atoms with Gasteiger partial charge >= 0.3 is 0 Å². The normalized spacial score (nSPS) is 10.6. The van der Waals surface area contributed by atoms with Gasteiger partial charge in [0.1, 0.15) is 0 Å². The van der Waals surface area contributed by atoms with Crippen molar-refractivity contribution in [3.63, 3.8) is 0 Å². The smallest absolute Gasteiger partial charge is 0.0723 e. The van der Waals surface area contributed by atoms with E-state index in [0.29, 0.717) is 0 Å². The quantitative estimate of drug-likeness (QED) is 0.605. The van der Waals surface area contributed by atoms with E-state index < -0.39 is 0 Å². The number of hydrogen-bond acceptors (Lipinski definition) is 2. The van der Waals surface area contributed by atoms with Crippen LogP contribution in [0.2, 0.25) is 0 Å². The number of hydrogen-bond donors (Lipinski definition) is 0. The van der Waals surface area contributed by atoms with Crippen LogP contribution in [0.1, 0.15) is 5.69 Å². The van der Waals surface area contributed by atoms with E-state index in [0.717, 1.165) is 11.2 Å². The molecule has 0 saturated carbocycles. The van der Waals surface area contributed by atoms with Gasteiger partial charge in [-0.15, -0.1) is 0 Å². The summed E-state index contributed by atoms with van der Waals surface area (Å²) in [5.41, 5.74) is 3.20. The fraction of sp³-hybridized carbons (Fsp3) is 0.0714. The van der Waals surface area contributed by atoms with Crippen molar-refractivity contribution in [1.82, 2.24) is 9.55 Å². The second-order valence-corrected chi connectivity index (χ2v) is 4.20. The predicted molar refractivity (Wildman–Crippen MR) is 75.3 cm³/mol. The molecule has 0 aliphatic carbocycles. The van der Waals surface area contributed by atoms with Crippen molar-refractivity contribution in [3.8, 4) is 0 Å². The zero-order chi connectivity index (χ0) is 11.8. The van der Waals surface area contributed by atoms with Gasteiger partial charge in [0, 0.05) is 29.4 Å².